The number of rotatable bonds is 8. The molecule has 2 heterocycles. The molecule has 0 unspecified atom stereocenters. The third-order valence-electron chi connectivity index (χ3n) is 4.13. The Labute approximate surface area is 171 Å². The fraction of sp³-hybridized carbons (Fsp3) is 0.250. The molecular weight excluding hydrogens is 401 g/mol. The number of carbonyl (C=O) groups excluding carboxylic acids is 1. The van der Waals surface area contributed by atoms with Crippen LogP contribution in [0.2, 0.25) is 4.34 Å². The smallest absolute Gasteiger partial charge is 0.227 e. The van der Waals surface area contributed by atoms with Crippen molar-refractivity contribution in [2.24, 2.45) is 0 Å². The van der Waals surface area contributed by atoms with Gasteiger partial charge in [0.1, 0.15) is 5.82 Å². The van der Waals surface area contributed by atoms with Crippen molar-refractivity contribution < 1.29 is 13.7 Å². The molecular formula is C20H19ClFN3O2S. The minimum atomic E-state index is -0.326. The summed E-state index contributed by atoms with van der Waals surface area (Å²) in [6.45, 7) is 6.30. The maximum absolute atomic E-state index is 13.7. The molecule has 3 aromatic rings. The van der Waals surface area contributed by atoms with Crippen molar-refractivity contribution in [1.29, 1.82) is 0 Å². The van der Waals surface area contributed by atoms with Gasteiger partial charge < -0.3 is 9.42 Å². The van der Waals surface area contributed by atoms with Crippen molar-refractivity contribution in [3.63, 3.8) is 0 Å². The molecule has 2 aromatic heterocycles. The van der Waals surface area contributed by atoms with Gasteiger partial charge in [-0.15, -0.1) is 17.9 Å². The first-order chi connectivity index (χ1) is 13.5. The summed E-state index contributed by atoms with van der Waals surface area (Å²) >= 11 is 7.40. The number of halogens is 2. The number of hydrogen-bond acceptors (Lipinski definition) is 5. The molecule has 0 fully saturated rings. The highest BCUT2D eigenvalue weighted by Crippen LogP contribution is 2.23. The monoisotopic (exact) mass is 419 g/mol. The molecule has 0 radical (unpaired) electrons. The first-order valence-corrected chi connectivity index (χ1v) is 9.87. The highest BCUT2D eigenvalue weighted by Gasteiger charge is 2.16. The summed E-state index contributed by atoms with van der Waals surface area (Å²) in [5.41, 5.74) is 1.08. The summed E-state index contributed by atoms with van der Waals surface area (Å²) in [6.07, 6.45) is 2.21. The second-order valence-electron chi connectivity index (χ2n) is 6.24. The molecule has 0 atom stereocenters. The number of thiophene rings is 1. The molecule has 0 saturated carbocycles. The SMILES string of the molecule is C=CCN(Cc1ccc(Cl)s1)C(=O)CCc1nc(-c2ccc(C)c(F)c2)no1. The molecule has 0 spiro atoms. The summed E-state index contributed by atoms with van der Waals surface area (Å²) in [4.78, 5) is 19.5. The lowest BCUT2D eigenvalue weighted by molar-refractivity contribution is -0.131. The van der Waals surface area contributed by atoms with Crippen LogP contribution in [-0.2, 0) is 17.8 Å². The van der Waals surface area contributed by atoms with E-state index in [1.165, 1.54) is 17.4 Å². The summed E-state index contributed by atoms with van der Waals surface area (Å²) in [5, 5.41) is 3.88. The van der Waals surface area contributed by atoms with Crippen LogP contribution in [0.5, 0.6) is 0 Å². The fourth-order valence-corrected chi connectivity index (χ4v) is 3.72. The largest absolute Gasteiger partial charge is 0.339 e. The van der Waals surface area contributed by atoms with Crippen molar-refractivity contribution in [2.45, 2.75) is 26.3 Å². The van der Waals surface area contributed by atoms with Gasteiger partial charge in [-0.2, -0.15) is 4.98 Å². The summed E-state index contributed by atoms with van der Waals surface area (Å²) in [5.74, 6) is 0.262. The molecule has 8 heteroatoms. The van der Waals surface area contributed by atoms with Gasteiger partial charge in [0.25, 0.3) is 0 Å². The minimum absolute atomic E-state index is 0.0504. The van der Waals surface area contributed by atoms with Crippen LogP contribution in [0.4, 0.5) is 4.39 Å². The van der Waals surface area contributed by atoms with Gasteiger partial charge >= 0.3 is 0 Å². The third-order valence-corrected chi connectivity index (χ3v) is 5.34. The second kappa shape index (κ2) is 9.12. The van der Waals surface area contributed by atoms with Crippen molar-refractivity contribution in [1.82, 2.24) is 15.0 Å². The maximum Gasteiger partial charge on any atom is 0.227 e. The molecule has 0 saturated heterocycles. The van der Waals surface area contributed by atoms with Crippen molar-refractivity contribution in [3.05, 3.63) is 69.5 Å². The van der Waals surface area contributed by atoms with E-state index in [0.29, 0.717) is 46.7 Å². The van der Waals surface area contributed by atoms with E-state index in [4.69, 9.17) is 16.1 Å². The van der Waals surface area contributed by atoms with E-state index >= 15 is 0 Å². The Morgan fingerprint density at radius 2 is 2.21 bits per heavy atom. The Balaban J connectivity index is 1.62. The summed E-state index contributed by atoms with van der Waals surface area (Å²) < 4.78 is 19.6. The normalized spacial score (nSPS) is 10.8. The number of nitrogens with zero attached hydrogens (tertiary/aromatic N) is 3. The standard InChI is InChI=1S/C20H19ClFN3O2S/c1-3-10-25(12-15-6-7-17(21)28-15)19(26)9-8-18-23-20(24-27-18)14-5-4-13(2)16(22)11-14/h3-7,11H,1,8-10,12H2,2H3. The predicted molar refractivity (Wildman–Crippen MR) is 108 cm³/mol. The minimum Gasteiger partial charge on any atom is -0.339 e. The molecule has 0 N–H and O–H groups in total. The zero-order valence-corrected chi connectivity index (χ0v) is 16.9. The van der Waals surface area contributed by atoms with Crippen LogP contribution in [0.15, 0.2) is 47.5 Å². The molecule has 1 amide bonds. The second-order valence-corrected chi connectivity index (χ2v) is 8.04. The first-order valence-electron chi connectivity index (χ1n) is 8.68. The van der Waals surface area contributed by atoms with E-state index in [2.05, 4.69) is 16.7 Å². The Bertz CT molecular complexity index is 985. The molecule has 0 aliphatic rings. The van der Waals surface area contributed by atoms with E-state index in [0.717, 1.165) is 4.88 Å². The zero-order valence-electron chi connectivity index (χ0n) is 15.3. The molecule has 28 heavy (non-hydrogen) atoms. The zero-order chi connectivity index (χ0) is 20.1. The van der Waals surface area contributed by atoms with Crippen LogP contribution in [0.3, 0.4) is 0 Å². The van der Waals surface area contributed by atoms with Gasteiger partial charge in [0.15, 0.2) is 0 Å². The number of aryl methyl sites for hydroxylation is 2. The summed E-state index contributed by atoms with van der Waals surface area (Å²) in [6, 6.07) is 8.48. The van der Waals surface area contributed by atoms with Gasteiger partial charge in [0.05, 0.1) is 10.9 Å². The highest BCUT2D eigenvalue weighted by molar-refractivity contribution is 7.16. The lowest BCUT2D eigenvalue weighted by Gasteiger charge is -2.20. The van der Waals surface area contributed by atoms with Gasteiger partial charge in [-0.3, -0.25) is 4.79 Å². The number of carbonyl (C=O) groups is 1. The van der Waals surface area contributed by atoms with Gasteiger partial charge in [0, 0.05) is 29.8 Å². The maximum atomic E-state index is 13.7. The lowest BCUT2D eigenvalue weighted by atomic mass is 10.1. The highest BCUT2D eigenvalue weighted by atomic mass is 35.5. The summed E-state index contributed by atoms with van der Waals surface area (Å²) in [7, 11) is 0. The molecule has 146 valence electrons. The van der Waals surface area contributed by atoms with Crippen molar-refractivity contribution >= 4 is 28.8 Å². The van der Waals surface area contributed by atoms with E-state index in [1.54, 1.807) is 30.0 Å². The number of aromatic nitrogens is 2. The fourth-order valence-electron chi connectivity index (χ4n) is 2.61. The van der Waals surface area contributed by atoms with Crippen LogP contribution < -0.4 is 0 Å². The number of benzene rings is 1. The van der Waals surface area contributed by atoms with Crippen LogP contribution in [-0.4, -0.2) is 27.5 Å². The van der Waals surface area contributed by atoms with E-state index in [-0.39, 0.29) is 18.1 Å². The molecule has 0 aliphatic carbocycles. The topological polar surface area (TPSA) is 59.2 Å². The molecule has 5 nitrogen and oxygen atoms in total. The average Bonchev–Trinajstić information content (AvgIpc) is 3.30. The van der Waals surface area contributed by atoms with Crippen LogP contribution in [0.25, 0.3) is 11.4 Å². The van der Waals surface area contributed by atoms with Crippen LogP contribution in [0.1, 0.15) is 22.8 Å². The van der Waals surface area contributed by atoms with E-state index in [9.17, 15) is 9.18 Å². The van der Waals surface area contributed by atoms with Crippen molar-refractivity contribution in [2.75, 3.05) is 6.54 Å². The van der Waals surface area contributed by atoms with Gasteiger partial charge in [-0.25, -0.2) is 4.39 Å². The predicted octanol–water partition coefficient (Wildman–Crippen LogP) is 5.05. The molecule has 1 aromatic carbocycles. The molecule has 3 rings (SSSR count). The third kappa shape index (κ3) is 5.05. The van der Waals surface area contributed by atoms with Crippen molar-refractivity contribution in [3.8, 4) is 11.4 Å². The number of amides is 1. The molecule has 0 aliphatic heterocycles. The Morgan fingerprint density at radius 1 is 1.39 bits per heavy atom. The Hall–Kier alpha value is -2.51. The average molecular weight is 420 g/mol. The van der Waals surface area contributed by atoms with E-state index in [1.807, 2.05) is 12.1 Å². The van der Waals surface area contributed by atoms with Crippen LogP contribution >= 0.6 is 22.9 Å². The Morgan fingerprint density at radius 3 is 2.89 bits per heavy atom. The quantitative estimate of drug-likeness (QED) is 0.479. The van der Waals surface area contributed by atoms with Gasteiger partial charge in [-0.05, 0) is 30.7 Å². The molecule has 0 bridgehead atoms. The van der Waals surface area contributed by atoms with Gasteiger partial charge in [0.2, 0.25) is 17.6 Å². The first kappa shape index (κ1) is 20.2. The lowest BCUT2D eigenvalue weighted by Crippen LogP contribution is -2.30. The van der Waals surface area contributed by atoms with E-state index < -0.39 is 0 Å². The van der Waals surface area contributed by atoms with Crippen LogP contribution in [0, 0.1) is 12.7 Å². The number of hydrogen-bond donors (Lipinski definition) is 0. The Kier molecular flexibility index (Phi) is 6.59. The van der Waals surface area contributed by atoms with Gasteiger partial charge in [-0.1, -0.05) is 35.0 Å².